The van der Waals surface area contributed by atoms with Crippen molar-refractivity contribution in [3.63, 3.8) is 0 Å². The summed E-state index contributed by atoms with van der Waals surface area (Å²) in [6, 6.07) is 60.3. The van der Waals surface area contributed by atoms with Gasteiger partial charge in [0.2, 0.25) is 0 Å². The summed E-state index contributed by atoms with van der Waals surface area (Å²) in [5, 5.41) is 9.47. The fourth-order valence-electron chi connectivity index (χ4n) is 7.83. The quantitative estimate of drug-likeness (QED) is 0.174. The van der Waals surface area contributed by atoms with Gasteiger partial charge >= 0.3 is 0 Å². The van der Waals surface area contributed by atoms with Crippen molar-refractivity contribution < 1.29 is 0 Å². The molecule has 8 aromatic carbocycles. The minimum Gasteiger partial charge on any atom is -0.309 e. The molecule has 0 aliphatic heterocycles. The first-order chi connectivity index (χ1) is 25.8. The zero-order valence-corrected chi connectivity index (χ0v) is 28.7. The van der Waals surface area contributed by atoms with E-state index in [0.29, 0.717) is 17.5 Å². The lowest BCUT2D eigenvalue weighted by Crippen LogP contribution is -2.01. The van der Waals surface area contributed by atoms with Gasteiger partial charge in [-0.2, -0.15) is 0 Å². The first-order valence-corrected chi connectivity index (χ1v) is 18.3. The number of para-hydroxylation sites is 2. The number of aromatic nitrogens is 4. The molecule has 0 aliphatic rings. The zero-order valence-electron chi connectivity index (χ0n) is 27.9. The number of hydrogen-bond acceptors (Lipinski definition) is 4. The minimum atomic E-state index is 0.644. The SMILES string of the molecule is c1ccc(-n2c3ccccc3c3cc(-c4nc(-c5ccc6sc7ccccc7c6c5)nc(-c5cccc6ccc7ccccc7c56)n4)ccc32)cc1. The molecule has 242 valence electrons. The molecule has 4 nitrogen and oxygen atoms in total. The van der Waals surface area contributed by atoms with Crippen LogP contribution in [-0.4, -0.2) is 19.5 Å². The first kappa shape index (κ1) is 29.1. The van der Waals surface area contributed by atoms with Crippen LogP contribution in [0.3, 0.4) is 0 Å². The highest BCUT2D eigenvalue weighted by molar-refractivity contribution is 7.25. The predicted octanol–water partition coefficient (Wildman–Crippen LogP) is 12.6. The van der Waals surface area contributed by atoms with Crippen molar-refractivity contribution in [2.45, 2.75) is 0 Å². The first-order valence-electron chi connectivity index (χ1n) is 17.4. The average molecular weight is 681 g/mol. The van der Waals surface area contributed by atoms with Gasteiger partial charge < -0.3 is 4.57 Å². The molecule has 0 radical (unpaired) electrons. The summed E-state index contributed by atoms with van der Waals surface area (Å²) in [5.41, 5.74) is 6.33. The van der Waals surface area contributed by atoms with Gasteiger partial charge in [0.1, 0.15) is 0 Å². The largest absolute Gasteiger partial charge is 0.309 e. The van der Waals surface area contributed by atoms with Gasteiger partial charge in [0.25, 0.3) is 0 Å². The third-order valence-electron chi connectivity index (χ3n) is 10.2. The Kier molecular flexibility index (Phi) is 6.39. The van der Waals surface area contributed by atoms with E-state index in [1.54, 1.807) is 0 Å². The van der Waals surface area contributed by atoms with Crippen molar-refractivity contribution in [3.05, 3.63) is 170 Å². The normalized spacial score (nSPS) is 11.8. The average Bonchev–Trinajstić information content (AvgIpc) is 3.76. The molecule has 0 N–H and O–H groups in total. The molecule has 11 rings (SSSR count). The monoisotopic (exact) mass is 680 g/mol. The molecule has 52 heavy (non-hydrogen) atoms. The van der Waals surface area contributed by atoms with Crippen LogP contribution in [0.25, 0.3) is 103 Å². The maximum absolute atomic E-state index is 5.28. The molecule has 11 aromatic rings. The number of rotatable bonds is 4. The van der Waals surface area contributed by atoms with Gasteiger partial charge in [0.15, 0.2) is 17.5 Å². The number of nitrogens with zero attached hydrogens (tertiary/aromatic N) is 4. The maximum atomic E-state index is 5.28. The Morgan fingerprint density at radius 1 is 0.385 bits per heavy atom. The number of hydrogen-bond donors (Lipinski definition) is 0. The van der Waals surface area contributed by atoms with E-state index in [9.17, 15) is 0 Å². The smallest absolute Gasteiger partial charge is 0.164 e. The van der Waals surface area contributed by atoms with Crippen molar-refractivity contribution >= 4 is 74.9 Å². The Morgan fingerprint density at radius 2 is 1.00 bits per heavy atom. The van der Waals surface area contributed by atoms with Crippen LogP contribution in [0.1, 0.15) is 0 Å². The fraction of sp³-hybridized carbons (Fsp3) is 0. The Hall–Kier alpha value is -6.69. The van der Waals surface area contributed by atoms with Crippen LogP contribution in [0.2, 0.25) is 0 Å². The lowest BCUT2D eigenvalue weighted by molar-refractivity contribution is 1.08. The van der Waals surface area contributed by atoms with Crippen LogP contribution in [0, 0.1) is 0 Å². The summed E-state index contributed by atoms with van der Waals surface area (Å²) < 4.78 is 4.86. The summed E-state index contributed by atoms with van der Waals surface area (Å²) in [6.45, 7) is 0. The van der Waals surface area contributed by atoms with Crippen molar-refractivity contribution in [1.82, 2.24) is 19.5 Å². The molecular weight excluding hydrogens is 653 g/mol. The Bertz CT molecular complexity index is 3190. The highest BCUT2D eigenvalue weighted by atomic mass is 32.1. The summed E-state index contributed by atoms with van der Waals surface area (Å²) in [5.74, 6) is 1.95. The molecular formula is C47H28N4S. The second-order valence-electron chi connectivity index (χ2n) is 13.2. The van der Waals surface area contributed by atoms with Gasteiger partial charge in [0.05, 0.1) is 11.0 Å². The van der Waals surface area contributed by atoms with Crippen LogP contribution in [-0.2, 0) is 0 Å². The molecule has 3 aromatic heterocycles. The summed E-state index contributed by atoms with van der Waals surface area (Å²) in [6.07, 6.45) is 0. The van der Waals surface area contributed by atoms with Crippen molar-refractivity contribution in [1.29, 1.82) is 0 Å². The summed E-state index contributed by atoms with van der Waals surface area (Å²) in [7, 11) is 0. The summed E-state index contributed by atoms with van der Waals surface area (Å²) in [4.78, 5) is 15.8. The molecule has 0 bridgehead atoms. The number of benzene rings is 8. The molecule has 5 heteroatoms. The molecule has 0 amide bonds. The standard InChI is InChI=1S/C47H28N4S/c1-2-13-33(14-3-1)51-40-19-8-6-16-35(40)38-27-31(23-25-41(38)51)45-48-46(32-24-26-43-39(28-32)36-17-7-9-20-42(36)52-43)50-47(49-45)37-18-10-12-30-22-21-29-11-4-5-15-34(29)44(30)37/h1-28H. The number of thiophene rings is 1. The maximum Gasteiger partial charge on any atom is 0.164 e. The topological polar surface area (TPSA) is 43.6 Å². The van der Waals surface area contributed by atoms with Crippen LogP contribution in [0.4, 0.5) is 0 Å². The van der Waals surface area contributed by atoms with E-state index in [0.717, 1.165) is 49.6 Å². The Morgan fingerprint density at radius 3 is 1.87 bits per heavy atom. The second-order valence-corrected chi connectivity index (χ2v) is 14.3. The van der Waals surface area contributed by atoms with Gasteiger partial charge in [-0.3, -0.25) is 0 Å². The van der Waals surface area contributed by atoms with Gasteiger partial charge in [-0.1, -0.05) is 109 Å². The second kappa shape index (κ2) is 11.4. The molecule has 0 aliphatic carbocycles. The third kappa shape index (κ3) is 4.50. The van der Waals surface area contributed by atoms with E-state index in [1.165, 1.54) is 36.3 Å². The lowest BCUT2D eigenvalue weighted by Gasteiger charge is -2.12. The van der Waals surface area contributed by atoms with Gasteiger partial charge in [-0.05, 0) is 76.8 Å². The summed E-state index contributed by atoms with van der Waals surface area (Å²) >= 11 is 1.82. The van der Waals surface area contributed by atoms with Crippen LogP contribution < -0.4 is 0 Å². The van der Waals surface area contributed by atoms with E-state index in [1.807, 2.05) is 11.3 Å². The Balaban J connectivity index is 1.18. The van der Waals surface area contributed by atoms with Crippen molar-refractivity contribution in [2.24, 2.45) is 0 Å². The lowest BCUT2D eigenvalue weighted by atomic mass is 9.97. The highest BCUT2D eigenvalue weighted by Gasteiger charge is 2.19. The Labute approximate surface area is 302 Å². The van der Waals surface area contributed by atoms with E-state index in [2.05, 4.69) is 174 Å². The van der Waals surface area contributed by atoms with Crippen molar-refractivity contribution in [2.75, 3.05) is 0 Å². The molecule has 3 heterocycles. The highest BCUT2D eigenvalue weighted by Crippen LogP contribution is 2.39. The van der Waals surface area contributed by atoms with Gasteiger partial charge in [-0.25, -0.2) is 15.0 Å². The number of fused-ring (bicyclic) bond motifs is 9. The minimum absolute atomic E-state index is 0.644. The van der Waals surface area contributed by atoms with E-state index < -0.39 is 0 Å². The van der Waals surface area contributed by atoms with E-state index in [4.69, 9.17) is 15.0 Å². The zero-order chi connectivity index (χ0) is 34.2. The molecule has 0 fully saturated rings. The van der Waals surface area contributed by atoms with E-state index >= 15 is 0 Å². The molecule has 0 saturated carbocycles. The van der Waals surface area contributed by atoms with Gasteiger partial charge in [0, 0.05) is 58.7 Å². The van der Waals surface area contributed by atoms with Crippen LogP contribution in [0.15, 0.2) is 170 Å². The van der Waals surface area contributed by atoms with Crippen molar-refractivity contribution in [3.8, 4) is 39.9 Å². The fourth-order valence-corrected chi connectivity index (χ4v) is 8.92. The molecule has 0 atom stereocenters. The molecule has 0 saturated heterocycles. The van der Waals surface area contributed by atoms with Gasteiger partial charge in [-0.15, -0.1) is 11.3 Å². The molecule has 0 spiro atoms. The molecule has 0 unspecified atom stereocenters. The van der Waals surface area contributed by atoms with E-state index in [-0.39, 0.29) is 0 Å². The van der Waals surface area contributed by atoms with Crippen LogP contribution in [0.5, 0.6) is 0 Å². The van der Waals surface area contributed by atoms with Crippen LogP contribution >= 0.6 is 11.3 Å². The predicted molar refractivity (Wildman–Crippen MR) is 218 cm³/mol. The third-order valence-corrected chi connectivity index (χ3v) is 11.4.